The van der Waals surface area contributed by atoms with Crippen molar-refractivity contribution in [3.05, 3.63) is 75.8 Å². The van der Waals surface area contributed by atoms with Gasteiger partial charge in [0.05, 0.1) is 5.71 Å². The molecule has 0 bridgehead atoms. The van der Waals surface area contributed by atoms with Crippen LogP contribution in [0.25, 0.3) is 16.3 Å². The van der Waals surface area contributed by atoms with E-state index in [1.165, 1.54) is 0 Å². The molecule has 3 nitrogen and oxygen atoms in total. The van der Waals surface area contributed by atoms with Gasteiger partial charge < -0.3 is 0 Å². The summed E-state index contributed by atoms with van der Waals surface area (Å²) in [6, 6.07) is 20.3. The number of nitriles is 1. The first-order valence-corrected chi connectivity index (χ1v) is 9.56. The third-order valence-electron chi connectivity index (χ3n) is 4.59. The van der Waals surface area contributed by atoms with Gasteiger partial charge in [-0.25, -0.2) is 4.99 Å². The van der Waals surface area contributed by atoms with E-state index in [0.29, 0.717) is 11.3 Å². The predicted octanol–water partition coefficient (Wildman–Crippen LogP) is 5.37. The molecule has 1 aliphatic heterocycles. The number of carbonyl (C=O) groups excluding carboxylic acids is 1. The molecule has 0 N–H and O–H groups in total. The first-order chi connectivity index (χ1) is 12.7. The van der Waals surface area contributed by atoms with Crippen molar-refractivity contribution in [1.29, 1.82) is 5.26 Å². The number of benzene rings is 3. The number of carbonyl (C=O) groups is 1. The van der Waals surface area contributed by atoms with E-state index in [1.54, 1.807) is 11.8 Å². The molecule has 0 atom stereocenters. The van der Waals surface area contributed by atoms with Crippen LogP contribution in [-0.4, -0.2) is 11.6 Å². The number of aliphatic imine (C=N–C) groups is 1. The number of allylic oxidation sites excluding steroid dienone is 1. The van der Waals surface area contributed by atoms with E-state index in [-0.39, 0.29) is 5.57 Å². The molecule has 1 aliphatic carbocycles. The summed E-state index contributed by atoms with van der Waals surface area (Å²) >= 11 is 5.16. The Bertz CT molecular complexity index is 1230. The van der Waals surface area contributed by atoms with E-state index in [2.05, 4.69) is 45.2 Å². The van der Waals surface area contributed by atoms with Gasteiger partial charge in [0.2, 0.25) is 0 Å². The van der Waals surface area contributed by atoms with Gasteiger partial charge in [0, 0.05) is 30.8 Å². The molecule has 1 amide bonds. The van der Waals surface area contributed by atoms with Crippen LogP contribution < -0.4 is 0 Å². The minimum atomic E-state index is -0.437. The summed E-state index contributed by atoms with van der Waals surface area (Å²) < 4.78 is 1.05. The number of hydrogen-bond donors (Lipinski definition) is 0. The Labute approximate surface area is 162 Å². The molecular weight excluding hydrogens is 408 g/mol. The summed E-state index contributed by atoms with van der Waals surface area (Å²) in [7, 11) is 0. The molecule has 0 radical (unpaired) electrons. The Morgan fingerprint density at radius 1 is 1.00 bits per heavy atom. The molecule has 0 saturated heterocycles. The topological polar surface area (TPSA) is 53.2 Å². The van der Waals surface area contributed by atoms with Crippen LogP contribution in [0.15, 0.2) is 79.4 Å². The second kappa shape index (κ2) is 5.66. The van der Waals surface area contributed by atoms with E-state index in [4.69, 9.17) is 0 Å². The standard InChI is InChI=1S/C21H9BrN2OS/c22-11-4-6-12(7-5-11)26-17-9-8-15-18-13(17)2-1-3-14(18)19-16(10-23)21(25)24-20(15)19/h1-9H. The zero-order chi connectivity index (χ0) is 17.8. The van der Waals surface area contributed by atoms with Crippen LogP contribution in [0.4, 0.5) is 0 Å². The fraction of sp³-hybridized carbons (Fsp3) is 0. The SMILES string of the molecule is N#CC1=C2C(=NC1=O)c1ccc(Sc3ccc(Br)cc3)c3cccc2c13. The van der Waals surface area contributed by atoms with Crippen LogP contribution >= 0.6 is 27.7 Å². The second-order valence-electron chi connectivity index (χ2n) is 6.02. The summed E-state index contributed by atoms with van der Waals surface area (Å²) in [6.45, 7) is 0. The molecule has 3 aromatic rings. The summed E-state index contributed by atoms with van der Waals surface area (Å²) in [4.78, 5) is 18.4. The maximum absolute atomic E-state index is 12.0. The van der Waals surface area contributed by atoms with Gasteiger partial charge in [-0.15, -0.1) is 0 Å². The van der Waals surface area contributed by atoms with Gasteiger partial charge in [-0.05, 0) is 41.3 Å². The van der Waals surface area contributed by atoms with Crippen molar-refractivity contribution in [3.8, 4) is 6.07 Å². The van der Waals surface area contributed by atoms with Gasteiger partial charge in [-0.3, -0.25) is 4.79 Å². The molecule has 5 heteroatoms. The largest absolute Gasteiger partial charge is 0.288 e. The second-order valence-corrected chi connectivity index (χ2v) is 8.05. The number of halogens is 1. The Kier molecular flexibility index (Phi) is 3.39. The van der Waals surface area contributed by atoms with Crippen molar-refractivity contribution in [2.75, 3.05) is 0 Å². The third kappa shape index (κ3) is 2.13. The van der Waals surface area contributed by atoms with Crippen LogP contribution in [0.1, 0.15) is 11.1 Å². The lowest BCUT2D eigenvalue weighted by Crippen LogP contribution is -1.93. The highest BCUT2D eigenvalue weighted by Crippen LogP contribution is 2.45. The Morgan fingerprint density at radius 3 is 2.58 bits per heavy atom. The van der Waals surface area contributed by atoms with E-state index in [0.717, 1.165) is 36.2 Å². The molecule has 0 fully saturated rings. The monoisotopic (exact) mass is 416 g/mol. The Balaban J connectivity index is 1.73. The van der Waals surface area contributed by atoms with E-state index < -0.39 is 5.91 Å². The minimum absolute atomic E-state index is 0.144. The highest BCUT2D eigenvalue weighted by molar-refractivity contribution is 9.10. The summed E-state index contributed by atoms with van der Waals surface area (Å²) in [5.41, 5.74) is 3.33. The van der Waals surface area contributed by atoms with Crippen molar-refractivity contribution in [1.82, 2.24) is 0 Å². The van der Waals surface area contributed by atoms with Crippen LogP contribution in [0.2, 0.25) is 0 Å². The number of rotatable bonds is 2. The maximum atomic E-state index is 12.0. The smallest absolute Gasteiger partial charge is 0.266 e. The zero-order valence-electron chi connectivity index (χ0n) is 13.3. The Hall–Kier alpha value is -2.68. The fourth-order valence-corrected chi connectivity index (χ4v) is 4.71. The average Bonchev–Trinajstić information content (AvgIpc) is 3.14. The number of amides is 1. The van der Waals surface area contributed by atoms with E-state index in [9.17, 15) is 10.1 Å². The molecule has 26 heavy (non-hydrogen) atoms. The molecule has 5 rings (SSSR count). The maximum Gasteiger partial charge on any atom is 0.288 e. The van der Waals surface area contributed by atoms with Crippen LogP contribution in [0.3, 0.4) is 0 Å². The minimum Gasteiger partial charge on any atom is -0.266 e. The summed E-state index contributed by atoms with van der Waals surface area (Å²) in [5, 5.41) is 11.6. The van der Waals surface area contributed by atoms with Gasteiger partial charge in [0.15, 0.2) is 0 Å². The van der Waals surface area contributed by atoms with Gasteiger partial charge in [-0.1, -0.05) is 52.0 Å². The first kappa shape index (κ1) is 15.6. The van der Waals surface area contributed by atoms with Crippen LogP contribution in [-0.2, 0) is 4.79 Å². The third-order valence-corrected chi connectivity index (χ3v) is 6.20. The van der Waals surface area contributed by atoms with Crippen LogP contribution in [0.5, 0.6) is 0 Å². The Morgan fingerprint density at radius 2 is 1.81 bits per heavy atom. The van der Waals surface area contributed by atoms with Gasteiger partial charge >= 0.3 is 0 Å². The molecule has 122 valence electrons. The van der Waals surface area contributed by atoms with Gasteiger partial charge in [0.1, 0.15) is 11.6 Å². The van der Waals surface area contributed by atoms with Gasteiger partial charge in [0.25, 0.3) is 5.91 Å². The zero-order valence-corrected chi connectivity index (χ0v) is 15.7. The predicted molar refractivity (Wildman–Crippen MR) is 106 cm³/mol. The number of fused-ring (bicyclic) bond motifs is 3. The van der Waals surface area contributed by atoms with Crippen LogP contribution in [0, 0.1) is 11.3 Å². The number of hydrogen-bond acceptors (Lipinski definition) is 3. The van der Waals surface area contributed by atoms with Crippen molar-refractivity contribution < 1.29 is 4.79 Å². The highest BCUT2D eigenvalue weighted by atomic mass is 79.9. The molecule has 0 unspecified atom stereocenters. The molecule has 3 aromatic carbocycles. The van der Waals surface area contributed by atoms with Crippen molar-refractivity contribution in [3.63, 3.8) is 0 Å². The quantitative estimate of drug-likeness (QED) is 0.563. The average molecular weight is 417 g/mol. The van der Waals surface area contributed by atoms with E-state index in [1.807, 2.05) is 36.4 Å². The van der Waals surface area contributed by atoms with Crippen molar-refractivity contribution >= 4 is 55.7 Å². The molecule has 0 saturated carbocycles. The normalized spacial score (nSPS) is 14.6. The molecule has 0 spiro atoms. The molecular formula is C21H9BrN2OS. The lowest BCUT2D eigenvalue weighted by atomic mass is 10.0. The van der Waals surface area contributed by atoms with E-state index >= 15 is 0 Å². The van der Waals surface area contributed by atoms with Gasteiger partial charge in [-0.2, -0.15) is 5.26 Å². The first-order valence-electron chi connectivity index (χ1n) is 7.95. The van der Waals surface area contributed by atoms with Crippen molar-refractivity contribution in [2.45, 2.75) is 9.79 Å². The highest BCUT2D eigenvalue weighted by Gasteiger charge is 2.36. The summed E-state index contributed by atoms with van der Waals surface area (Å²) in [6.07, 6.45) is 0. The lowest BCUT2D eigenvalue weighted by molar-refractivity contribution is -0.113. The fourth-order valence-electron chi connectivity index (χ4n) is 3.50. The lowest BCUT2D eigenvalue weighted by Gasteiger charge is -2.09. The molecule has 0 aromatic heterocycles. The molecule has 2 aliphatic rings. The summed E-state index contributed by atoms with van der Waals surface area (Å²) in [5.74, 6) is -0.437. The number of nitrogens with zero attached hydrogens (tertiary/aromatic N) is 2. The molecule has 1 heterocycles. The van der Waals surface area contributed by atoms with Crippen molar-refractivity contribution in [2.24, 2.45) is 4.99 Å².